The molecule has 0 spiro atoms. The van der Waals surface area contributed by atoms with E-state index in [4.69, 9.17) is 4.74 Å². The van der Waals surface area contributed by atoms with Crippen LogP contribution in [0.3, 0.4) is 0 Å². The van der Waals surface area contributed by atoms with E-state index in [2.05, 4.69) is 39.0 Å². The third-order valence-electron chi connectivity index (χ3n) is 7.28. The highest BCUT2D eigenvalue weighted by Gasteiger charge is 2.31. The highest BCUT2D eigenvalue weighted by molar-refractivity contribution is 7.07. The molecule has 0 saturated carbocycles. The molecule has 0 saturated heterocycles. The van der Waals surface area contributed by atoms with E-state index < -0.39 is 12.4 Å². The summed E-state index contributed by atoms with van der Waals surface area (Å²) >= 11 is 1.40. The smallest absolute Gasteiger partial charge is 0.497 e. The van der Waals surface area contributed by atoms with Crippen molar-refractivity contribution in [2.24, 2.45) is 4.99 Å². The highest BCUT2D eigenvalue weighted by Crippen LogP contribution is 2.29. The molecule has 13 heteroatoms. The van der Waals surface area contributed by atoms with Gasteiger partial charge in [-0.25, -0.2) is 14.5 Å². The summed E-state index contributed by atoms with van der Waals surface area (Å²) in [6.07, 6.45) is -2.64. The van der Waals surface area contributed by atoms with Crippen LogP contribution >= 0.6 is 11.3 Å². The number of carbonyl (C=O) groups excluding carboxylic acids is 1. The quantitative estimate of drug-likeness (QED) is 0.175. The first kappa shape index (κ1) is 32.5. The Hall–Kier alpha value is -4.91. The first-order valence-corrected chi connectivity index (χ1v) is 15.4. The van der Waals surface area contributed by atoms with Gasteiger partial charge in [0.1, 0.15) is 17.8 Å². The van der Waals surface area contributed by atoms with Crippen LogP contribution in [0.5, 0.6) is 11.5 Å². The average Bonchev–Trinajstić information content (AvgIpc) is 3.66. The SMILES string of the molecule is CCC(NC(=O)/N=c1\scc(C)n1-c1ccc(OC)cc1C(C)C)c1ccc(-c2ncn(-c3ccc(OC(F)(F)F)cc3)n2)cc1. The van der Waals surface area contributed by atoms with Crippen molar-refractivity contribution in [2.45, 2.75) is 52.4 Å². The van der Waals surface area contributed by atoms with Gasteiger partial charge in [-0.2, -0.15) is 4.99 Å². The van der Waals surface area contributed by atoms with Gasteiger partial charge in [0.05, 0.1) is 24.5 Å². The van der Waals surface area contributed by atoms with E-state index in [-0.39, 0.29) is 17.7 Å². The third kappa shape index (κ3) is 7.48. The zero-order valence-electron chi connectivity index (χ0n) is 25.9. The Morgan fingerprint density at radius 1 is 1.04 bits per heavy atom. The van der Waals surface area contributed by atoms with Gasteiger partial charge in [0.2, 0.25) is 0 Å². The van der Waals surface area contributed by atoms with Crippen LogP contribution in [0, 0.1) is 6.92 Å². The number of ether oxygens (including phenoxy) is 2. The maximum Gasteiger partial charge on any atom is 0.573 e. The maximum absolute atomic E-state index is 13.2. The number of urea groups is 1. The van der Waals surface area contributed by atoms with Gasteiger partial charge < -0.3 is 14.8 Å². The summed E-state index contributed by atoms with van der Waals surface area (Å²) in [6.45, 7) is 8.19. The van der Waals surface area contributed by atoms with Crippen molar-refractivity contribution < 1.29 is 27.4 Å². The van der Waals surface area contributed by atoms with Crippen molar-refractivity contribution in [1.29, 1.82) is 0 Å². The minimum absolute atomic E-state index is 0.225. The van der Waals surface area contributed by atoms with E-state index in [0.29, 0.717) is 22.7 Å². The fraction of sp³-hybridized carbons (Fsp3) is 0.273. The molecular formula is C33H33F3N6O3S. The zero-order chi connectivity index (χ0) is 33.0. The lowest BCUT2D eigenvalue weighted by atomic mass is 10.0. The molecule has 0 fully saturated rings. The van der Waals surface area contributed by atoms with E-state index in [1.807, 2.05) is 66.3 Å². The Balaban J connectivity index is 1.31. The Labute approximate surface area is 268 Å². The minimum Gasteiger partial charge on any atom is -0.497 e. The molecule has 2 heterocycles. The van der Waals surface area contributed by atoms with Crippen LogP contribution in [-0.4, -0.2) is 38.8 Å². The third-order valence-corrected chi connectivity index (χ3v) is 8.22. The van der Waals surface area contributed by atoms with Crippen LogP contribution in [-0.2, 0) is 0 Å². The number of hydrogen-bond acceptors (Lipinski definition) is 6. The van der Waals surface area contributed by atoms with Gasteiger partial charge in [-0.15, -0.1) is 29.6 Å². The number of amides is 2. The van der Waals surface area contributed by atoms with Crippen LogP contribution < -0.4 is 19.6 Å². The second-order valence-corrected chi connectivity index (χ2v) is 11.6. The first-order valence-electron chi connectivity index (χ1n) is 14.5. The molecule has 0 aliphatic carbocycles. The molecule has 0 aliphatic rings. The number of aromatic nitrogens is 4. The largest absolute Gasteiger partial charge is 0.573 e. The number of benzene rings is 3. The van der Waals surface area contributed by atoms with Crippen LogP contribution in [0.25, 0.3) is 22.8 Å². The predicted octanol–water partition coefficient (Wildman–Crippen LogP) is 7.89. The molecule has 46 heavy (non-hydrogen) atoms. The molecule has 5 aromatic rings. The monoisotopic (exact) mass is 650 g/mol. The molecule has 2 amide bonds. The van der Waals surface area contributed by atoms with Crippen LogP contribution in [0.4, 0.5) is 18.0 Å². The molecule has 240 valence electrons. The number of alkyl halides is 3. The lowest BCUT2D eigenvalue weighted by Gasteiger charge is -2.17. The molecule has 5 rings (SSSR count). The van der Waals surface area contributed by atoms with Crippen LogP contribution in [0.15, 0.2) is 83.4 Å². The summed E-state index contributed by atoms with van der Waals surface area (Å²) in [5, 5.41) is 9.46. The summed E-state index contributed by atoms with van der Waals surface area (Å²) < 4.78 is 50.2. The molecular weight excluding hydrogens is 617 g/mol. The molecule has 0 bridgehead atoms. The second kappa shape index (κ2) is 13.6. The maximum atomic E-state index is 13.2. The number of aryl methyl sites for hydroxylation is 1. The molecule has 1 atom stereocenters. The van der Waals surface area contributed by atoms with Crippen LogP contribution in [0.2, 0.25) is 0 Å². The van der Waals surface area contributed by atoms with Gasteiger partial charge in [0, 0.05) is 16.6 Å². The number of methoxy groups -OCH3 is 1. The summed E-state index contributed by atoms with van der Waals surface area (Å²) in [5.41, 5.74) is 5.16. The van der Waals surface area contributed by atoms with E-state index in [0.717, 1.165) is 33.8 Å². The fourth-order valence-corrected chi connectivity index (χ4v) is 5.83. The fourth-order valence-electron chi connectivity index (χ4n) is 4.96. The molecule has 0 radical (unpaired) electrons. The minimum atomic E-state index is -4.76. The van der Waals surface area contributed by atoms with Gasteiger partial charge in [-0.05, 0) is 72.9 Å². The highest BCUT2D eigenvalue weighted by atomic mass is 32.1. The van der Waals surface area contributed by atoms with E-state index in [1.165, 1.54) is 46.6 Å². The van der Waals surface area contributed by atoms with Gasteiger partial charge in [0.15, 0.2) is 10.6 Å². The van der Waals surface area contributed by atoms with Gasteiger partial charge in [0.25, 0.3) is 0 Å². The zero-order valence-corrected chi connectivity index (χ0v) is 26.7. The molecule has 3 aromatic carbocycles. The van der Waals surface area contributed by atoms with Crippen molar-refractivity contribution in [3.8, 4) is 34.3 Å². The van der Waals surface area contributed by atoms with E-state index >= 15 is 0 Å². The number of nitrogens with one attached hydrogen (secondary N) is 1. The number of hydrogen-bond donors (Lipinski definition) is 1. The number of rotatable bonds is 9. The number of carbonyl (C=O) groups is 1. The molecule has 9 nitrogen and oxygen atoms in total. The van der Waals surface area contributed by atoms with Crippen molar-refractivity contribution in [1.82, 2.24) is 24.6 Å². The summed E-state index contributed by atoms with van der Waals surface area (Å²) in [4.78, 5) is 22.5. The summed E-state index contributed by atoms with van der Waals surface area (Å²) in [5.74, 6) is 1.11. The van der Waals surface area contributed by atoms with Crippen LogP contribution in [0.1, 0.15) is 56.0 Å². The standard InChI is InChI=1S/C33H33F3N6O3S/c1-6-28(38-31(43)39-32-42(21(4)18-46-32)29-16-15-26(44-5)17-27(29)20(2)3)22-7-9-23(10-8-22)30-37-19-41(40-30)24-11-13-25(14-12-24)45-33(34,35)36/h7-20,28H,6H2,1-5H3,(H,38,43)/b39-32-. The van der Waals surface area contributed by atoms with Crippen molar-refractivity contribution in [3.63, 3.8) is 0 Å². The lowest BCUT2D eigenvalue weighted by Crippen LogP contribution is -2.28. The van der Waals surface area contributed by atoms with Crippen molar-refractivity contribution in [2.75, 3.05) is 7.11 Å². The lowest BCUT2D eigenvalue weighted by molar-refractivity contribution is -0.274. The Kier molecular flexibility index (Phi) is 9.61. The Bertz CT molecular complexity index is 1880. The predicted molar refractivity (Wildman–Crippen MR) is 170 cm³/mol. The normalized spacial score (nSPS) is 12.8. The average molecular weight is 651 g/mol. The van der Waals surface area contributed by atoms with E-state index in [1.54, 1.807) is 7.11 Å². The number of thiazole rings is 1. The number of halogens is 3. The van der Waals surface area contributed by atoms with Gasteiger partial charge in [-0.1, -0.05) is 45.0 Å². The molecule has 0 aliphatic heterocycles. The first-order chi connectivity index (χ1) is 22.0. The van der Waals surface area contributed by atoms with E-state index in [9.17, 15) is 18.0 Å². The summed E-state index contributed by atoms with van der Waals surface area (Å²) in [7, 11) is 1.64. The summed E-state index contributed by atoms with van der Waals surface area (Å²) in [6, 6.07) is 18.0. The van der Waals surface area contributed by atoms with Crippen molar-refractivity contribution in [3.05, 3.63) is 100 Å². The number of nitrogens with zero attached hydrogens (tertiary/aromatic N) is 5. The van der Waals surface area contributed by atoms with Gasteiger partial charge >= 0.3 is 12.4 Å². The Morgan fingerprint density at radius 2 is 1.74 bits per heavy atom. The topological polar surface area (TPSA) is 95.6 Å². The van der Waals surface area contributed by atoms with Crippen molar-refractivity contribution >= 4 is 17.4 Å². The second-order valence-electron chi connectivity index (χ2n) is 10.8. The molecule has 1 unspecified atom stereocenters. The Morgan fingerprint density at radius 3 is 2.37 bits per heavy atom. The van der Waals surface area contributed by atoms with Gasteiger partial charge in [-0.3, -0.25) is 4.57 Å². The molecule has 1 N–H and O–H groups in total. The molecule has 2 aromatic heterocycles.